The molecule has 0 bridgehead atoms. The second-order valence-corrected chi connectivity index (χ2v) is 6.67. The Morgan fingerprint density at radius 2 is 1.96 bits per heavy atom. The van der Waals surface area contributed by atoms with Crippen LogP contribution in [0.25, 0.3) is 11.6 Å². The van der Waals surface area contributed by atoms with Crippen molar-refractivity contribution in [1.29, 1.82) is 0 Å². The molecule has 1 aliphatic rings. The third-order valence-electron chi connectivity index (χ3n) is 3.91. The average Bonchev–Trinajstić information content (AvgIpc) is 3.21. The second-order valence-electron chi connectivity index (χ2n) is 5.64. The van der Waals surface area contributed by atoms with Crippen LogP contribution in [-0.2, 0) is 0 Å². The molecule has 0 fully saturated rings. The lowest BCUT2D eigenvalue weighted by Gasteiger charge is -2.09. The van der Waals surface area contributed by atoms with E-state index in [0.29, 0.717) is 16.6 Å². The molecule has 26 heavy (non-hydrogen) atoms. The highest BCUT2D eigenvalue weighted by Gasteiger charge is 2.15. The molecule has 2 heterocycles. The van der Waals surface area contributed by atoms with Crippen molar-refractivity contribution in [2.75, 3.05) is 11.9 Å². The number of allylic oxidation sites excluding steroid dienone is 1. The first-order chi connectivity index (χ1) is 12.7. The fourth-order valence-corrected chi connectivity index (χ4v) is 3.56. The number of nitrogens with one attached hydrogen (secondary N) is 1. The number of benzene rings is 2. The Hall–Kier alpha value is -3.12. The minimum Gasteiger partial charge on any atom is -0.492 e. The number of fused-ring (bicyclic) bond motifs is 1. The minimum atomic E-state index is -0.00308. The zero-order valence-electron chi connectivity index (χ0n) is 14.1. The SMILES string of the molecule is CCOc1ccccc1Nc1nc(O)c(/C=C2\C=Nc3ccccc32)s1. The molecule has 0 aliphatic carbocycles. The van der Waals surface area contributed by atoms with Gasteiger partial charge in [0.15, 0.2) is 5.13 Å². The number of para-hydroxylation sites is 3. The summed E-state index contributed by atoms with van der Waals surface area (Å²) in [6.07, 6.45) is 3.71. The molecule has 6 heteroatoms. The van der Waals surface area contributed by atoms with Gasteiger partial charge in [0.2, 0.25) is 5.88 Å². The molecule has 0 amide bonds. The van der Waals surface area contributed by atoms with Crippen LogP contribution in [0.2, 0.25) is 0 Å². The first-order valence-corrected chi connectivity index (χ1v) is 9.10. The van der Waals surface area contributed by atoms with Gasteiger partial charge >= 0.3 is 0 Å². The van der Waals surface area contributed by atoms with Gasteiger partial charge in [0.25, 0.3) is 0 Å². The summed E-state index contributed by atoms with van der Waals surface area (Å²) in [6, 6.07) is 15.6. The summed E-state index contributed by atoms with van der Waals surface area (Å²) >= 11 is 1.38. The highest BCUT2D eigenvalue weighted by Crippen LogP contribution is 2.38. The van der Waals surface area contributed by atoms with Crippen LogP contribution >= 0.6 is 11.3 Å². The standard InChI is InChI=1S/C20H17N3O2S/c1-2-25-17-10-6-5-9-16(17)22-20-23-19(24)18(26-20)11-13-12-21-15-8-4-3-7-14(13)15/h3-12,24H,2H2,1H3,(H,22,23)/b13-11+. The summed E-state index contributed by atoms with van der Waals surface area (Å²) in [5.41, 5.74) is 3.76. The molecule has 0 saturated carbocycles. The summed E-state index contributed by atoms with van der Waals surface area (Å²) in [4.78, 5) is 9.29. The second kappa shape index (κ2) is 7.01. The average molecular weight is 363 g/mol. The van der Waals surface area contributed by atoms with Crippen LogP contribution in [0.4, 0.5) is 16.5 Å². The van der Waals surface area contributed by atoms with E-state index in [1.165, 1.54) is 11.3 Å². The zero-order chi connectivity index (χ0) is 17.9. The molecule has 0 atom stereocenters. The normalized spacial score (nSPS) is 13.8. The Morgan fingerprint density at radius 1 is 1.15 bits per heavy atom. The van der Waals surface area contributed by atoms with E-state index in [2.05, 4.69) is 15.3 Å². The number of rotatable bonds is 5. The first kappa shape index (κ1) is 16.4. The Balaban J connectivity index is 1.62. The van der Waals surface area contributed by atoms with Crippen molar-refractivity contribution in [3.05, 3.63) is 59.0 Å². The maximum atomic E-state index is 10.2. The fourth-order valence-electron chi connectivity index (χ4n) is 2.73. The lowest BCUT2D eigenvalue weighted by atomic mass is 10.1. The molecule has 5 nitrogen and oxygen atoms in total. The number of nitrogens with zero attached hydrogens (tertiary/aromatic N) is 2. The van der Waals surface area contributed by atoms with E-state index in [9.17, 15) is 5.11 Å². The van der Waals surface area contributed by atoms with Crippen molar-refractivity contribution in [2.45, 2.75) is 6.92 Å². The van der Waals surface area contributed by atoms with Crippen LogP contribution in [0.15, 0.2) is 53.5 Å². The topological polar surface area (TPSA) is 66.7 Å². The van der Waals surface area contributed by atoms with Crippen molar-refractivity contribution in [3.8, 4) is 11.6 Å². The number of thiazole rings is 1. The molecular formula is C20H17N3O2S. The van der Waals surface area contributed by atoms with Gasteiger partial charge in [-0.2, -0.15) is 4.98 Å². The van der Waals surface area contributed by atoms with Crippen LogP contribution in [0.1, 0.15) is 17.4 Å². The van der Waals surface area contributed by atoms with Gasteiger partial charge in [0.05, 0.1) is 22.9 Å². The van der Waals surface area contributed by atoms with Gasteiger partial charge in [-0.1, -0.05) is 41.7 Å². The van der Waals surface area contributed by atoms with Crippen molar-refractivity contribution in [3.63, 3.8) is 0 Å². The number of aromatic hydroxyl groups is 1. The monoisotopic (exact) mass is 363 g/mol. The third kappa shape index (κ3) is 3.19. The van der Waals surface area contributed by atoms with Crippen molar-refractivity contribution in [1.82, 2.24) is 4.98 Å². The van der Waals surface area contributed by atoms with E-state index in [0.717, 1.165) is 28.3 Å². The number of aliphatic imine (C=N–C) groups is 1. The summed E-state index contributed by atoms with van der Waals surface area (Å²) in [7, 11) is 0. The van der Waals surface area contributed by atoms with Gasteiger partial charge in [-0.25, -0.2) is 0 Å². The Bertz CT molecular complexity index is 1010. The first-order valence-electron chi connectivity index (χ1n) is 8.28. The van der Waals surface area contributed by atoms with E-state index in [-0.39, 0.29) is 5.88 Å². The van der Waals surface area contributed by atoms with E-state index in [1.807, 2.05) is 61.5 Å². The Morgan fingerprint density at radius 3 is 2.85 bits per heavy atom. The molecule has 3 aromatic rings. The van der Waals surface area contributed by atoms with Gasteiger partial charge in [0, 0.05) is 17.4 Å². The number of aromatic nitrogens is 1. The van der Waals surface area contributed by atoms with Crippen LogP contribution in [0.3, 0.4) is 0 Å². The Labute approximate surface area is 155 Å². The molecule has 1 aliphatic heterocycles. The molecule has 0 spiro atoms. The van der Waals surface area contributed by atoms with Crippen molar-refractivity contribution >= 4 is 45.7 Å². The van der Waals surface area contributed by atoms with Crippen molar-refractivity contribution < 1.29 is 9.84 Å². The van der Waals surface area contributed by atoms with Crippen LogP contribution in [0.5, 0.6) is 11.6 Å². The lowest BCUT2D eigenvalue weighted by molar-refractivity contribution is 0.342. The maximum Gasteiger partial charge on any atom is 0.231 e. The van der Waals surface area contributed by atoms with E-state index in [1.54, 1.807) is 6.21 Å². The summed E-state index contributed by atoms with van der Waals surface area (Å²) < 4.78 is 5.62. The summed E-state index contributed by atoms with van der Waals surface area (Å²) in [6.45, 7) is 2.52. The molecule has 0 saturated heterocycles. The molecule has 130 valence electrons. The van der Waals surface area contributed by atoms with Gasteiger partial charge in [0.1, 0.15) is 5.75 Å². The van der Waals surface area contributed by atoms with Gasteiger partial charge in [-0.05, 0) is 31.2 Å². The Kier molecular flexibility index (Phi) is 4.41. The largest absolute Gasteiger partial charge is 0.492 e. The van der Waals surface area contributed by atoms with E-state index in [4.69, 9.17) is 4.74 Å². The van der Waals surface area contributed by atoms with Crippen LogP contribution in [0, 0.1) is 0 Å². The number of hydrogen-bond donors (Lipinski definition) is 2. The van der Waals surface area contributed by atoms with Crippen LogP contribution in [-0.4, -0.2) is 22.9 Å². The third-order valence-corrected chi connectivity index (χ3v) is 4.81. The van der Waals surface area contributed by atoms with E-state index >= 15 is 0 Å². The molecule has 1 aromatic heterocycles. The number of anilines is 2. The van der Waals surface area contributed by atoms with Gasteiger partial charge in [-0.3, -0.25) is 4.99 Å². The highest BCUT2D eigenvalue weighted by atomic mass is 32.1. The lowest BCUT2D eigenvalue weighted by Crippen LogP contribution is -1.97. The predicted octanol–water partition coefficient (Wildman–Crippen LogP) is 5.25. The molecule has 4 rings (SSSR count). The molecule has 2 aromatic carbocycles. The predicted molar refractivity (Wildman–Crippen MR) is 107 cm³/mol. The molecular weight excluding hydrogens is 346 g/mol. The minimum absolute atomic E-state index is 0.00308. The number of ether oxygens (including phenoxy) is 1. The van der Waals surface area contributed by atoms with Gasteiger partial charge in [-0.15, -0.1) is 0 Å². The highest BCUT2D eigenvalue weighted by molar-refractivity contribution is 7.16. The zero-order valence-corrected chi connectivity index (χ0v) is 15.0. The summed E-state index contributed by atoms with van der Waals surface area (Å²) in [5.74, 6) is 0.748. The molecule has 2 N–H and O–H groups in total. The van der Waals surface area contributed by atoms with E-state index < -0.39 is 0 Å². The molecule has 0 radical (unpaired) electrons. The van der Waals surface area contributed by atoms with Crippen LogP contribution < -0.4 is 10.1 Å². The quantitative estimate of drug-likeness (QED) is 0.650. The fraction of sp³-hybridized carbons (Fsp3) is 0.100. The smallest absolute Gasteiger partial charge is 0.231 e. The summed E-state index contributed by atoms with van der Waals surface area (Å²) in [5, 5.41) is 14.1. The maximum absolute atomic E-state index is 10.2. The number of hydrogen-bond acceptors (Lipinski definition) is 6. The molecule has 0 unspecified atom stereocenters. The van der Waals surface area contributed by atoms with Crippen molar-refractivity contribution in [2.24, 2.45) is 4.99 Å². The van der Waals surface area contributed by atoms with Gasteiger partial charge < -0.3 is 15.2 Å².